The van der Waals surface area contributed by atoms with E-state index in [1.807, 2.05) is 48.5 Å². The van der Waals surface area contributed by atoms with Crippen LogP contribution in [0.2, 0.25) is 0 Å². The van der Waals surface area contributed by atoms with Gasteiger partial charge in [-0.2, -0.15) is 98.5 Å². The molecule has 0 atom stereocenters. The molecule has 0 amide bonds. The van der Waals surface area contributed by atoms with Crippen LogP contribution in [0.5, 0.6) is 0 Å². The summed E-state index contributed by atoms with van der Waals surface area (Å²) in [5, 5.41) is 0. The summed E-state index contributed by atoms with van der Waals surface area (Å²) in [6, 6.07) is 33.2. The van der Waals surface area contributed by atoms with Crippen LogP contribution in [-0.4, -0.2) is 0 Å². The minimum atomic E-state index is 0. The van der Waals surface area contributed by atoms with E-state index in [1.165, 1.54) is 22.3 Å². The third kappa shape index (κ3) is 15.7. The first-order valence-corrected chi connectivity index (χ1v) is 12.9. The molecule has 0 aliphatic rings. The van der Waals surface area contributed by atoms with Crippen LogP contribution < -0.4 is 0 Å². The average Bonchev–Trinajstić information content (AvgIpc) is 2.92. The Balaban J connectivity index is 0.000000463. The van der Waals surface area contributed by atoms with Crippen molar-refractivity contribution < 1.29 is 21.7 Å². The minimum absolute atomic E-state index is 0. The molecule has 1 heteroatoms. The van der Waals surface area contributed by atoms with Gasteiger partial charge in [-0.05, 0) is 25.7 Å². The Morgan fingerprint density at radius 3 is 0.568 bits per heavy atom. The fraction of sp³-hybridized carbons (Fsp3) is 0.222. The molecule has 0 aliphatic carbocycles. The van der Waals surface area contributed by atoms with Crippen LogP contribution in [0, 0.1) is 27.7 Å². The van der Waals surface area contributed by atoms with Crippen molar-refractivity contribution in [3.63, 3.8) is 0 Å². The monoisotopic (exact) mass is 524 g/mol. The van der Waals surface area contributed by atoms with Crippen molar-refractivity contribution >= 4 is 0 Å². The van der Waals surface area contributed by atoms with E-state index in [-0.39, 0.29) is 21.7 Å². The van der Waals surface area contributed by atoms with Gasteiger partial charge in [-0.25, -0.2) is 0 Å². The zero-order valence-corrected chi connectivity index (χ0v) is 25.0. The van der Waals surface area contributed by atoms with E-state index >= 15 is 0 Å². The second kappa shape index (κ2) is 20.2. The van der Waals surface area contributed by atoms with Gasteiger partial charge in [0, 0.05) is 0 Å². The van der Waals surface area contributed by atoms with Gasteiger partial charge in [-0.1, -0.05) is 49.9 Å². The van der Waals surface area contributed by atoms with Crippen LogP contribution in [0.3, 0.4) is 0 Å². The van der Waals surface area contributed by atoms with Crippen molar-refractivity contribution in [3.05, 3.63) is 169 Å². The van der Waals surface area contributed by atoms with E-state index in [9.17, 15) is 0 Å². The van der Waals surface area contributed by atoms with E-state index in [0.717, 1.165) is 47.9 Å². The molecule has 0 N–H and O–H groups in total. The molecule has 0 aromatic heterocycles. The molecule has 0 saturated carbocycles. The Kier molecular flexibility index (Phi) is 18.6. The summed E-state index contributed by atoms with van der Waals surface area (Å²) in [7, 11) is 0. The first-order chi connectivity index (χ1) is 17.3. The average molecular weight is 525 g/mol. The summed E-state index contributed by atoms with van der Waals surface area (Å²) in [5.41, 5.74) is 9.87. The van der Waals surface area contributed by atoms with Crippen molar-refractivity contribution in [1.29, 1.82) is 0 Å². The maximum atomic E-state index is 3.80. The number of aryl methyl sites for hydroxylation is 4. The molecule has 0 bridgehead atoms. The minimum Gasteiger partial charge on any atom is -0.199 e. The standard InChI is InChI=1S/4C9H11.Ti/c4*1-3-9-6-4-8(2)5-7-9;/h4*4-7H,2-3H2,1H3;/q4*-1;+4. The largest absolute Gasteiger partial charge is 4.00 e. The zero-order chi connectivity index (χ0) is 26.8. The van der Waals surface area contributed by atoms with E-state index < -0.39 is 0 Å². The van der Waals surface area contributed by atoms with E-state index in [2.05, 4.69) is 104 Å². The van der Waals surface area contributed by atoms with Gasteiger partial charge in [0.15, 0.2) is 0 Å². The summed E-state index contributed by atoms with van der Waals surface area (Å²) >= 11 is 0. The quantitative estimate of drug-likeness (QED) is 0.184. The predicted molar refractivity (Wildman–Crippen MR) is 161 cm³/mol. The topological polar surface area (TPSA) is 0 Å². The molecular formula is C36H44Ti. The van der Waals surface area contributed by atoms with Crippen molar-refractivity contribution in [2.24, 2.45) is 0 Å². The first kappa shape index (κ1) is 34.1. The molecular weight excluding hydrogens is 480 g/mol. The van der Waals surface area contributed by atoms with Gasteiger partial charge >= 0.3 is 21.7 Å². The molecule has 37 heavy (non-hydrogen) atoms. The number of benzene rings is 4. The smallest absolute Gasteiger partial charge is 0.199 e. The van der Waals surface area contributed by atoms with Gasteiger partial charge in [-0.15, -0.1) is 48.5 Å². The third-order valence-corrected chi connectivity index (χ3v) is 5.72. The number of rotatable bonds is 4. The Bertz CT molecular complexity index is 876. The molecule has 0 heterocycles. The molecule has 4 rings (SSSR count). The number of hydrogen-bond donors (Lipinski definition) is 0. The van der Waals surface area contributed by atoms with Crippen molar-refractivity contribution in [2.75, 3.05) is 0 Å². The molecule has 0 nitrogen and oxygen atoms in total. The Morgan fingerprint density at radius 1 is 0.324 bits per heavy atom. The van der Waals surface area contributed by atoms with Gasteiger partial charge in [0.25, 0.3) is 0 Å². The first-order valence-electron chi connectivity index (χ1n) is 12.9. The van der Waals surface area contributed by atoms with Crippen LogP contribution in [0.1, 0.15) is 72.2 Å². The van der Waals surface area contributed by atoms with Crippen LogP contribution in [0.4, 0.5) is 0 Å². The van der Waals surface area contributed by atoms with E-state index in [1.54, 1.807) is 0 Å². The SMILES string of the molecule is [CH2-]c1ccc(CC)cc1.[CH2-]c1ccc(CC)cc1.[CH2-]c1ccc(CC)cc1.[CH2-]c1ccc(CC)cc1.[Ti+4]. The summed E-state index contributed by atoms with van der Waals surface area (Å²) in [5.74, 6) is 0. The van der Waals surface area contributed by atoms with E-state index in [4.69, 9.17) is 0 Å². The molecule has 0 radical (unpaired) electrons. The second-order valence-corrected chi connectivity index (χ2v) is 8.68. The summed E-state index contributed by atoms with van der Waals surface area (Å²) in [6.07, 6.45) is 4.45. The van der Waals surface area contributed by atoms with Gasteiger partial charge in [0.05, 0.1) is 0 Å². The predicted octanol–water partition coefficient (Wildman–Crippen LogP) is 9.72. The van der Waals surface area contributed by atoms with Gasteiger partial charge in [-0.3, -0.25) is 0 Å². The normalized spacial score (nSPS) is 9.19. The van der Waals surface area contributed by atoms with Crippen LogP contribution in [0.15, 0.2) is 97.1 Å². The Morgan fingerprint density at radius 2 is 0.459 bits per heavy atom. The zero-order valence-electron chi connectivity index (χ0n) is 23.4. The van der Waals surface area contributed by atoms with E-state index in [0.29, 0.717) is 0 Å². The molecule has 0 aliphatic heterocycles. The summed E-state index contributed by atoms with van der Waals surface area (Å²) in [4.78, 5) is 0. The van der Waals surface area contributed by atoms with Crippen LogP contribution in [0.25, 0.3) is 0 Å². The Labute approximate surface area is 243 Å². The molecule has 0 spiro atoms. The van der Waals surface area contributed by atoms with Crippen molar-refractivity contribution in [1.82, 2.24) is 0 Å². The molecule has 4 aromatic carbocycles. The maximum absolute atomic E-state index is 3.80. The van der Waals surface area contributed by atoms with Gasteiger partial charge in [0.2, 0.25) is 0 Å². The van der Waals surface area contributed by atoms with Gasteiger partial charge < -0.3 is 0 Å². The number of hydrogen-bond acceptors (Lipinski definition) is 0. The van der Waals surface area contributed by atoms with Crippen LogP contribution in [-0.2, 0) is 47.4 Å². The fourth-order valence-corrected chi connectivity index (χ4v) is 3.10. The molecule has 0 fully saturated rings. The Hall–Kier alpha value is -2.93. The van der Waals surface area contributed by atoms with Gasteiger partial charge in [0.1, 0.15) is 0 Å². The summed E-state index contributed by atoms with van der Waals surface area (Å²) in [6.45, 7) is 23.8. The van der Waals surface area contributed by atoms with Crippen molar-refractivity contribution in [3.8, 4) is 0 Å². The molecule has 192 valence electrons. The third-order valence-electron chi connectivity index (χ3n) is 5.72. The second-order valence-electron chi connectivity index (χ2n) is 8.68. The summed E-state index contributed by atoms with van der Waals surface area (Å²) < 4.78 is 0. The van der Waals surface area contributed by atoms with Crippen molar-refractivity contribution in [2.45, 2.75) is 53.4 Å². The maximum Gasteiger partial charge on any atom is 4.00 e. The fourth-order valence-electron chi connectivity index (χ4n) is 3.10. The molecule has 4 aromatic rings. The molecule has 0 unspecified atom stereocenters. The molecule has 0 saturated heterocycles. The van der Waals surface area contributed by atoms with Crippen LogP contribution >= 0.6 is 0 Å².